The number of hydrogen-bond acceptors (Lipinski definition) is 3. The van der Waals surface area contributed by atoms with Crippen LogP contribution in [0.1, 0.15) is 19.8 Å². The first-order valence-corrected chi connectivity index (χ1v) is 9.17. The van der Waals surface area contributed by atoms with E-state index in [9.17, 15) is 14.4 Å². The van der Waals surface area contributed by atoms with E-state index in [4.69, 9.17) is 0 Å². The summed E-state index contributed by atoms with van der Waals surface area (Å²) in [5, 5.41) is 0. The van der Waals surface area contributed by atoms with Crippen LogP contribution >= 0.6 is 15.9 Å². The Kier molecular flexibility index (Phi) is 6.58. The molecule has 0 N–H and O–H groups in total. The zero-order valence-electron chi connectivity index (χ0n) is 14.9. The third-order valence-corrected chi connectivity index (χ3v) is 4.72. The van der Waals surface area contributed by atoms with Crippen molar-refractivity contribution in [1.82, 2.24) is 9.80 Å². The van der Waals surface area contributed by atoms with Crippen LogP contribution in [-0.4, -0.2) is 61.3 Å². The highest BCUT2D eigenvalue weighted by Gasteiger charge is 2.37. The second-order valence-corrected chi connectivity index (χ2v) is 7.35. The van der Waals surface area contributed by atoms with E-state index < -0.39 is 5.92 Å². The van der Waals surface area contributed by atoms with Gasteiger partial charge in [-0.3, -0.25) is 14.4 Å². The van der Waals surface area contributed by atoms with E-state index in [1.54, 1.807) is 23.9 Å². The largest absolute Gasteiger partial charge is 0.347 e. The van der Waals surface area contributed by atoms with Crippen LogP contribution < -0.4 is 4.90 Å². The lowest BCUT2D eigenvalue weighted by atomic mass is 10.1. The van der Waals surface area contributed by atoms with Crippen molar-refractivity contribution in [2.75, 3.05) is 38.6 Å². The Morgan fingerprint density at radius 1 is 1.32 bits per heavy atom. The molecule has 25 heavy (non-hydrogen) atoms. The number of anilines is 1. The van der Waals surface area contributed by atoms with Gasteiger partial charge in [0, 0.05) is 43.8 Å². The van der Waals surface area contributed by atoms with E-state index in [1.807, 2.05) is 31.2 Å². The predicted octanol–water partition coefficient (Wildman–Crippen LogP) is 2.13. The second kappa shape index (κ2) is 8.47. The molecule has 136 valence electrons. The summed E-state index contributed by atoms with van der Waals surface area (Å²) in [4.78, 5) is 41.9. The summed E-state index contributed by atoms with van der Waals surface area (Å²) in [6.45, 7) is 2.89. The number of hydrogen-bond donors (Lipinski definition) is 0. The maximum Gasteiger partial charge on any atom is 0.241 e. The summed E-state index contributed by atoms with van der Waals surface area (Å²) in [5.74, 6) is -0.710. The first-order chi connectivity index (χ1) is 11.8. The molecule has 0 spiro atoms. The lowest BCUT2D eigenvalue weighted by Crippen LogP contribution is -2.44. The molecule has 1 heterocycles. The normalized spacial score (nSPS) is 16.9. The molecule has 1 saturated heterocycles. The van der Waals surface area contributed by atoms with Gasteiger partial charge in [-0.15, -0.1) is 0 Å². The van der Waals surface area contributed by atoms with Crippen LogP contribution in [-0.2, 0) is 14.4 Å². The van der Waals surface area contributed by atoms with Gasteiger partial charge in [0.25, 0.3) is 0 Å². The number of carbonyl (C=O) groups excluding carboxylic acids is 3. The summed E-state index contributed by atoms with van der Waals surface area (Å²) in [7, 11) is 3.34. The quantitative estimate of drug-likeness (QED) is 0.722. The SMILES string of the molecule is CCCN(CC(=O)N(C)C)C(=O)[C@@H]1CC(=O)N(c2cccc(Br)c2)C1. The van der Waals surface area contributed by atoms with Gasteiger partial charge in [0.05, 0.1) is 12.5 Å². The number of nitrogens with zero attached hydrogens (tertiary/aromatic N) is 3. The van der Waals surface area contributed by atoms with Crippen LogP contribution in [0.4, 0.5) is 5.69 Å². The minimum atomic E-state index is -0.409. The van der Waals surface area contributed by atoms with Gasteiger partial charge in [0.15, 0.2) is 0 Å². The smallest absolute Gasteiger partial charge is 0.241 e. The highest BCUT2D eigenvalue weighted by atomic mass is 79.9. The van der Waals surface area contributed by atoms with Gasteiger partial charge in [0.2, 0.25) is 17.7 Å². The Bertz CT molecular complexity index is 663. The Hall–Kier alpha value is -1.89. The molecule has 0 saturated carbocycles. The Labute approximate surface area is 156 Å². The number of amides is 3. The number of likely N-dealkylation sites (N-methyl/N-ethyl adjacent to an activating group) is 1. The van der Waals surface area contributed by atoms with Crippen molar-refractivity contribution >= 4 is 39.3 Å². The number of carbonyl (C=O) groups is 3. The monoisotopic (exact) mass is 409 g/mol. The zero-order valence-corrected chi connectivity index (χ0v) is 16.5. The molecule has 1 atom stereocenters. The van der Waals surface area contributed by atoms with Crippen molar-refractivity contribution in [1.29, 1.82) is 0 Å². The molecule has 7 heteroatoms. The standard InChI is InChI=1S/C18H24BrN3O3/c1-4-8-21(12-17(24)20(2)3)18(25)13-9-16(23)22(11-13)15-7-5-6-14(19)10-15/h5-7,10,13H,4,8-9,11-12H2,1-3H3/t13-/m1/s1. The summed E-state index contributed by atoms with van der Waals surface area (Å²) < 4.78 is 0.886. The van der Waals surface area contributed by atoms with E-state index >= 15 is 0 Å². The highest BCUT2D eigenvalue weighted by molar-refractivity contribution is 9.10. The van der Waals surface area contributed by atoms with E-state index in [2.05, 4.69) is 15.9 Å². The first-order valence-electron chi connectivity index (χ1n) is 8.38. The summed E-state index contributed by atoms with van der Waals surface area (Å²) in [5.41, 5.74) is 0.779. The Morgan fingerprint density at radius 3 is 2.64 bits per heavy atom. The first kappa shape index (κ1) is 19.4. The third kappa shape index (κ3) is 4.81. The van der Waals surface area contributed by atoms with Crippen LogP contribution in [0.3, 0.4) is 0 Å². The lowest BCUT2D eigenvalue weighted by Gasteiger charge is -2.26. The average molecular weight is 410 g/mol. The molecule has 2 rings (SSSR count). The molecule has 3 amide bonds. The minimum Gasteiger partial charge on any atom is -0.347 e. The second-order valence-electron chi connectivity index (χ2n) is 6.43. The van der Waals surface area contributed by atoms with Crippen molar-refractivity contribution in [2.24, 2.45) is 5.92 Å². The number of rotatable bonds is 6. The topological polar surface area (TPSA) is 60.9 Å². The van der Waals surface area contributed by atoms with Crippen molar-refractivity contribution in [3.63, 3.8) is 0 Å². The maximum atomic E-state index is 12.8. The molecule has 1 aromatic carbocycles. The maximum absolute atomic E-state index is 12.8. The average Bonchev–Trinajstić information content (AvgIpc) is 2.95. The summed E-state index contributed by atoms with van der Waals surface area (Å²) in [6.07, 6.45) is 0.949. The molecule has 1 aromatic rings. The van der Waals surface area contributed by atoms with Gasteiger partial charge in [-0.1, -0.05) is 28.9 Å². The molecule has 0 unspecified atom stereocenters. The van der Waals surface area contributed by atoms with Gasteiger partial charge < -0.3 is 14.7 Å². The van der Waals surface area contributed by atoms with Gasteiger partial charge >= 0.3 is 0 Å². The van der Waals surface area contributed by atoms with Gasteiger partial charge in [0.1, 0.15) is 0 Å². The van der Waals surface area contributed by atoms with Crippen molar-refractivity contribution in [2.45, 2.75) is 19.8 Å². The van der Waals surface area contributed by atoms with Crippen molar-refractivity contribution < 1.29 is 14.4 Å². The van der Waals surface area contributed by atoms with Crippen LogP contribution in [0, 0.1) is 5.92 Å². The summed E-state index contributed by atoms with van der Waals surface area (Å²) in [6, 6.07) is 7.47. The van der Waals surface area contributed by atoms with E-state index in [1.165, 1.54) is 4.90 Å². The van der Waals surface area contributed by atoms with Crippen molar-refractivity contribution in [3.8, 4) is 0 Å². The highest BCUT2D eigenvalue weighted by Crippen LogP contribution is 2.28. The van der Waals surface area contributed by atoms with Crippen LogP contribution in [0.25, 0.3) is 0 Å². The molecular formula is C18H24BrN3O3. The fourth-order valence-electron chi connectivity index (χ4n) is 2.87. The molecule has 0 aliphatic carbocycles. The van der Waals surface area contributed by atoms with Crippen molar-refractivity contribution in [3.05, 3.63) is 28.7 Å². The molecule has 6 nitrogen and oxygen atoms in total. The molecule has 1 fully saturated rings. The van der Waals surface area contributed by atoms with E-state index in [0.29, 0.717) is 13.1 Å². The Morgan fingerprint density at radius 2 is 2.04 bits per heavy atom. The van der Waals surface area contributed by atoms with Gasteiger partial charge in [-0.25, -0.2) is 0 Å². The molecule has 0 radical (unpaired) electrons. The van der Waals surface area contributed by atoms with Crippen LogP contribution in [0.15, 0.2) is 28.7 Å². The van der Waals surface area contributed by atoms with Gasteiger partial charge in [-0.2, -0.15) is 0 Å². The lowest BCUT2D eigenvalue weighted by molar-refractivity contribution is -0.141. The zero-order chi connectivity index (χ0) is 18.6. The molecule has 0 bridgehead atoms. The third-order valence-electron chi connectivity index (χ3n) is 4.22. The van der Waals surface area contributed by atoms with Crippen LogP contribution in [0.5, 0.6) is 0 Å². The fraction of sp³-hybridized carbons (Fsp3) is 0.500. The van der Waals surface area contributed by atoms with Crippen LogP contribution in [0.2, 0.25) is 0 Å². The van der Waals surface area contributed by atoms with Gasteiger partial charge in [-0.05, 0) is 24.6 Å². The predicted molar refractivity (Wildman–Crippen MR) is 100 cm³/mol. The fourth-order valence-corrected chi connectivity index (χ4v) is 3.25. The minimum absolute atomic E-state index is 0.0568. The summed E-state index contributed by atoms with van der Waals surface area (Å²) >= 11 is 3.40. The number of halogens is 1. The molecule has 0 aromatic heterocycles. The molecular weight excluding hydrogens is 386 g/mol. The number of benzene rings is 1. The van der Waals surface area contributed by atoms with E-state index in [0.717, 1.165) is 16.6 Å². The Balaban J connectivity index is 2.10. The molecule has 1 aliphatic heterocycles. The van der Waals surface area contributed by atoms with E-state index in [-0.39, 0.29) is 30.7 Å². The molecule has 1 aliphatic rings.